The zero-order valence-corrected chi connectivity index (χ0v) is 10.3. The van der Waals surface area contributed by atoms with Crippen molar-refractivity contribution in [3.63, 3.8) is 0 Å². The van der Waals surface area contributed by atoms with Crippen LogP contribution in [0.1, 0.15) is 22.9 Å². The van der Waals surface area contributed by atoms with Crippen molar-refractivity contribution >= 4 is 23.2 Å². The molecular weight excluding hydrogens is 240 g/mol. The van der Waals surface area contributed by atoms with Gasteiger partial charge in [0.1, 0.15) is 12.8 Å². The zero-order chi connectivity index (χ0) is 12.3. The zero-order valence-electron chi connectivity index (χ0n) is 9.49. The first-order valence-electron chi connectivity index (χ1n) is 5.34. The lowest BCUT2D eigenvalue weighted by Crippen LogP contribution is -2.42. The van der Waals surface area contributed by atoms with Gasteiger partial charge in [0.25, 0.3) is 0 Å². The SMILES string of the molecule is COCNC(=O)NC1C(=O)CCc2sccc21. The van der Waals surface area contributed by atoms with E-state index in [-0.39, 0.29) is 18.5 Å². The fraction of sp³-hybridized carbons (Fsp3) is 0.455. The minimum atomic E-state index is -0.512. The average Bonchev–Trinajstić information content (AvgIpc) is 2.78. The Balaban J connectivity index is 2.05. The molecule has 1 aliphatic carbocycles. The number of rotatable bonds is 3. The van der Waals surface area contributed by atoms with Crippen molar-refractivity contribution in [1.29, 1.82) is 0 Å². The van der Waals surface area contributed by atoms with Crippen LogP contribution < -0.4 is 10.6 Å². The Morgan fingerprint density at radius 1 is 1.59 bits per heavy atom. The van der Waals surface area contributed by atoms with Gasteiger partial charge in [-0.05, 0) is 23.4 Å². The van der Waals surface area contributed by atoms with Crippen LogP contribution in [0.5, 0.6) is 0 Å². The molecular formula is C11H14N2O3S. The largest absolute Gasteiger partial charge is 0.364 e. The summed E-state index contributed by atoms with van der Waals surface area (Å²) < 4.78 is 4.73. The highest BCUT2D eigenvalue weighted by molar-refractivity contribution is 7.10. The van der Waals surface area contributed by atoms with Gasteiger partial charge in [0.05, 0.1) is 0 Å². The predicted octanol–water partition coefficient (Wildman–Crippen LogP) is 1.21. The summed E-state index contributed by atoms with van der Waals surface area (Å²) in [5.74, 6) is 0.0588. The van der Waals surface area contributed by atoms with Gasteiger partial charge >= 0.3 is 6.03 Å². The van der Waals surface area contributed by atoms with Crippen molar-refractivity contribution < 1.29 is 14.3 Å². The molecule has 0 fully saturated rings. The lowest BCUT2D eigenvalue weighted by molar-refractivity contribution is -0.121. The normalized spacial score (nSPS) is 18.6. The second-order valence-electron chi connectivity index (χ2n) is 3.78. The van der Waals surface area contributed by atoms with Gasteiger partial charge in [-0.2, -0.15) is 0 Å². The molecule has 1 heterocycles. The molecule has 1 aromatic rings. The van der Waals surface area contributed by atoms with Gasteiger partial charge in [-0.1, -0.05) is 0 Å². The average molecular weight is 254 g/mol. The molecule has 17 heavy (non-hydrogen) atoms. The summed E-state index contributed by atoms with van der Waals surface area (Å²) in [5.41, 5.74) is 0.929. The third-order valence-electron chi connectivity index (χ3n) is 2.66. The number of amides is 2. The van der Waals surface area contributed by atoms with Gasteiger partial charge in [-0.3, -0.25) is 4.79 Å². The maximum atomic E-state index is 11.8. The van der Waals surface area contributed by atoms with Gasteiger partial charge < -0.3 is 15.4 Å². The second-order valence-corrected chi connectivity index (χ2v) is 4.78. The fourth-order valence-electron chi connectivity index (χ4n) is 1.84. The van der Waals surface area contributed by atoms with Crippen molar-refractivity contribution in [2.75, 3.05) is 13.8 Å². The molecule has 0 aromatic carbocycles. The summed E-state index contributed by atoms with van der Waals surface area (Å²) in [5, 5.41) is 7.12. The highest BCUT2D eigenvalue weighted by Gasteiger charge is 2.29. The number of carbonyl (C=O) groups excluding carboxylic acids is 2. The molecule has 2 N–H and O–H groups in total. The number of hydrogen-bond donors (Lipinski definition) is 2. The first-order chi connectivity index (χ1) is 8.22. The van der Waals surface area contributed by atoms with E-state index >= 15 is 0 Å². The number of hydrogen-bond acceptors (Lipinski definition) is 4. The smallest absolute Gasteiger partial charge is 0.317 e. The van der Waals surface area contributed by atoms with Crippen LogP contribution in [-0.2, 0) is 16.0 Å². The quantitative estimate of drug-likeness (QED) is 0.797. The Morgan fingerprint density at radius 2 is 2.41 bits per heavy atom. The minimum Gasteiger partial charge on any atom is -0.364 e. The van der Waals surface area contributed by atoms with Crippen molar-refractivity contribution in [2.45, 2.75) is 18.9 Å². The van der Waals surface area contributed by atoms with Crippen LogP contribution in [0.2, 0.25) is 0 Å². The Bertz CT molecular complexity index is 430. The van der Waals surface area contributed by atoms with Gasteiger partial charge in [0, 0.05) is 18.4 Å². The molecule has 92 valence electrons. The number of ketones is 1. The van der Waals surface area contributed by atoms with Crippen molar-refractivity contribution in [1.82, 2.24) is 10.6 Å². The lowest BCUT2D eigenvalue weighted by Gasteiger charge is -2.22. The number of fused-ring (bicyclic) bond motifs is 1. The predicted molar refractivity (Wildman–Crippen MR) is 63.9 cm³/mol. The standard InChI is InChI=1S/C11H14N2O3S/c1-16-6-12-11(15)13-10-7-4-5-17-9(7)3-2-8(10)14/h4-5,10H,2-3,6H2,1H3,(H2,12,13,15). The maximum Gasteiger partial charge on any atom is 0.317 e. The van der Waals surface area contributed by atoms with Gasteiger partial charge in [-0.25, -0.2) is 4.79 Å². The number of nitrogens with one attached hydrogen (secondary N) is 2. The second kappa shape index (κ2) is 5.29. The van der Waals surface area contributed by atoms with Crippen molar-refractivity contribution in [2.24, 2.45) is 0 Å². The van der Waals surface area contributed by atoms with E-state index in [9.17, 15) is 9.59 Å². The van der Waals surface area contributed by atoms with E-state index in [0.29, 0.717) is 6.42 Å². The van der Waals surface area contributed by atoms with E-state index in [2.05, 4.69) is 10.6 Å². The van der Waals surface area contributed by atoms with E-state index in [1.165, 1.54) is 12.0 Å². The molecule has 0 saturated carbocycles. The maximum absolute atomic E-state index is 11.8. The number of methoxy groups -OCH3 is 1. The number of ether oxygens (including phenoxy) is 1. The van der Waals surface area contributed by atoms with Crippen molar-refractivity contribution in [3.8, 4) is 0 Å². The molecule has 0 radical (unpaired) electrons. The molecule has 0 spiro atoms. The number of urea groups is 1. The number of Topliss-reactive ketones (excluding diaryl/α,β-unsaturated/α-hetero) is 1. The van der Waals surface area contributed by atoms with Gasteiger partial charge in [-0.15, -0.1) is 11.3 Å². The topological polar surface area (TPSA) is 67.4 Å². The highest BCUT2D eigenvalue weighted by atomic mass is 32.1. The monoisotopic (exact) mass is 254 g/mol. The first-order valence-corrected chi connectivity index (χ1v) is 6.22. The number of aryl methyl sites for hydroxylation is 1. The number of carbonyl (C=O) groups is 2. The minimum absolute atomic E-state index is 0.0588. The van der Waals surface area contributed by atoms with E-state index in [0.717, 1.165) is 12.0 Å². The van der Waals surface area contributed by atoms with Crippen molar-refractivity contribution in [3.05, 3.63) is 21.9 Å². The Labute approximate surface area is 103 Å². The lowest BCUT2D eigenvalue weighted by atomic mass is 9.93. The van der Waals surface area contributed by atoms with Crippen LogP contribution in [0.15, 0.2) is 11.4 Å². The fourth-order valence-corrected chi connectivity index (χ4v) is 2.76. The van der Waals surface area contributed by atoms with Gasteiger partial charge in [0.2, 0.25) is 0 Å². The van der Waals surface area contributed by atoms with Gasteiger partial charge in [0.15, 0.2) is 5.78 Å². The Morgan fingerprint density at radius 3 is 3.18 bits per heavy atom. The molecule has 1 unspecified atom stereocenters. The summed E-state index contributed by atoms with van der Waals surface area (Å²) >= 11 is 1.63. The Hall–Kier alpha value is -1.40. The molecule has 6 heteroatoms. The molecule has 5 nitrogen and oxygen atoms in total. The van der Waals surface area contributed by atoms with Crippen LogP contribution in [0.25, 0.3) is 0 Å². The summed E-state index contributed by atoms with van der Waals surface area (Å²) in [7, 11) is 1.49. The molecule has 1 aromatic heterocycles. The Kier molecular flexibility index (Phi) is 3.75. The molecule has 0 saturated heterocycles. The van der Waals surface area contributed by atoms with Crippen LogP contribution in [-0.4, -0.2) is 25.7 Å². The molecule has 2 rings (SSSR count). The van der Waals surface area contributed by atoms with Crippen LogP contribution in [0, 0.1) is 0 Å². The number of thiophene rings is 1. The van der Waals surface area contributed by atoms with Crippen LogP contribution >= 0.6 is 11.3 Å². The summed E-state index contributed by atoms with van der Waals surface area (Å²) in [4.78, 5) is 24.5. The molecule has 1 aliphatic rings. The van der Waals surface area contributed by atoms with E-state index < -0.39 is 6.04 Å². The van der Waals surface area contributed by atoms with Crippen LogP contribution in [0.4, 0.5) is 4.79 Å². The molecule has 0 aliphatic heterocycles. The molecule has 1 atom stereocenters. The summed E-state index contributed by atoms with van der Waals surface area (Å²) in [6, 6.07) is 1.00. The summed E-state index contributed by atoms with van der Waals surface area (Å²) in [6.07, 6.45) is 1.27. The molecule has 0 bridgehead atoms. The highest BCUT2D eigenvalue weighted by Crippen LogP contribution is 2.31. The van der Waals surface area contributed by atoms with Crippen LogP contribution in [0.3, 0.4) is 0 Å². The van der Waals surface area contributed by atoms with E-state index in [1.54, 1.807) is 11.3 Å². The third kappa shape index (κ3) is 2.65. The third-order valence-corrected chi connectivity index (χ3v) is 3.66. The van der Waals surface area contributed by atoms with E-state index in [1.807, 2.05) is 11.4 Å². The summed E-state index contributed by atoms with van der Waals surface area (Å²) in [6.45, 7) is 0.128. The molecule has 2 amide bonds. The first kappa shape index (κ1) is 12.1. The van der Waals surface area contributed by atoms with E-state index in [4.69, 9.17) is 4.74 Å².